The van der Waals surface area contributed by atoms with Gasteiger partial charge in [-0.2, -0.15) is 0 Å². The summed E-state index contributed by atoms with van der Waals surface area (Å²) in [5.41, 5.74) is 4.18. The molecule has 1 aliphatic carbocycles. The first-order chi connectivity index (χ1) is 14.5. The highest BCUT2D eigenvalue weighted by molar-refractivity contribution is 7.10. The molecule has 2 aromatic heterocycles. The molecule has 1 saturated carbocycles. The van der Waals surface area contributed by atoms with Crippen molar-refractivity contribution in [1.82, 2.24) is 9.55 Å². The average Bonchev–Trinajstić information content (AvgIpc) is 3.42. The van der Waals surface area contributed by atoms with E-state index in [0.717, 1.165) is 42.8 Å². The number of ether oxygens (including phenoxy) is 1. The van der Waals surface area contributed by atoms with Crippen LogP contribution in [-0.2, 0) is 16.9 Å². The van der Waals surface area contributed by atoms with Crippen molar-refractivity contribution in [2.45, 2.75) is 45.3 Å². The van der Waals surface area contributed by atoms with Crippen molar-refractivity contribution in [3.05, 3.63) is 70.1 Å². The molecule has 0 amide bonds. The summed E-state index contributed by atoms with van der Waals surface area (Å²) in [5.74, 6) is 0.152. The van der Waals surface area contributed by atoms with E-state index in [1.165, 1.54) is 22.6 Å². The van der Waals surface area contributed by atoms with Gasteiger partial charge in [0, 0.05) is 35.4 Å². The number of halogens is 1. The molecule has 3 heterocycles. The third kappa shape index (κ3) is 2.90. The first-order valence-electron chi connectivity index (χ1n) is 10.6. The van der Waals surface area contributed by atoms with Gasteiger partial charge in [-0.1, -0.05) is 18.6 Å². The zero-order valence-corrected chi connectivity index (χ0v) is 18.5. The van der Waals surface area contributed by atoms with E-state index in [1.54, 1.807) is 11.3 Å². The van der Waals surface area contributed by atoms with Gasteiger partial charge < -0.3 is 9.30 Å². The van der Waals surface area contributed by atoms with Gasteiger partial charge in [0.05, 0.1) is 17.7 Å². The number of hydrogen-bond donors (Lipinski definition) is 0. The molecule has 5 rings (SSSR count). The zero-order chi connectivity index (χ0) is 20.9. The van der Waals surface area contributed by atoms with E-state index >= 15 is 0 Å². The molecule has 0 radical (unpaired) electrons. The summed E-state index contributed by atoms with van der Waals surface area (Å²) in [7, 11) is 1.85. The SMILES string of the molecule is COC(C)(c1cccs1)C1CCCC2=Cc3c(-c4ccc(F)cc4)ncn3CC21C. The summed E-state index contributed by atoms with van der Waals surface area (Å²) >= 11 is 1.78. The van der Waals surface area contributed by atoms with Gasteiger partial charge >= 0.3 is 0 Å². The van der Waals surface area contributed by atoms with Gasteiger partial charge in [0.15, 0.2) is 0 Å². The molecule has 1 aromatic carbocycles. The van der Waals surface area contributed by atoms with Crippen molar-refractivity contribution in [2.24, 2.45) is 11.3 Å². The molecule has 156 valence electrons. The van der Waals surface area contributed by atoms with Crippen molar-refractivity contribution >= 4 is 17.4 Å². The van der Waals surface area contributed by atoms with Crippen molar-refractivity contribution in [3.8, 4) is 11.3 Å². The minimum absolute atomic E-state index is 0.000760. The van der Waals surface area contributed by atoms with E-state index in [-0.39, 0.29) is 16.8 Å². The summed E-state index contributed by atoms with van der Waals surface area (Å²) in [6, 6.07) is 10.9. The topological polar surface area (TPSA) is 27.1 Å². The number of benzene rings is 1. The van der Waals surface area contributed by atoms with Gasteiger partial charge in [-0.25, -0.2) is 9.37 Å². The van der Waals surface area contributed by atoms with Crippen molar-refractivity contribution in [3.63, 3.8) is 0 Å². The minimum atomic E-state index is -0.319. The van der Waals surface area contributed by atoms with Crippen LogP contribution in [0.1, 0.15) is 43.7 Å². The molecule has 0 N–H and O–H groups in total. The number of fused-ring (bicyclic) bond motifs is 2. The minimum Gasteiger partial charge on any atom is -0.373 e. The second-order valence-electron chi connectivity index (χ2n) is 8.93. The van der Waals surface area contributed by atoms with Crippen LogP contribution in [0.5, 0.6) is 0 Å². The zero-order valence-electron chi connectivity index (χ0n) is 17.7. The Hall–Kier alpha value is -2.24. The molecule has 0 saturated heterocycles. The Morgan fingerprint density at radius 3 is 2.77 bits per heavy atom. The molecular formula is C25H27FN2OS. The first-order valence-corrected chi connectivity index (χ1v) is 11.4. The molecule has 5 heteroatoms. The average molecular weight is 423 g/mol. The quantitative estimate of drug-likeness (QED) is 0.479. The Bertz CT molecular complexity index is 1090. The number of methoxy groups -OCH3 is 1. The third-order valence-corrected chi connectivity index (χ3v) is 8.44. The van der Waals surface area contributed by atoms with Crippen LogP contribution in [0.3, 0.4) is 0 Å². The van der Waals surface area contributed by atoms with Crippen LogP contribution in [0.15, 0.2) is 53.7 Å². The largest absolute Gasteiger partial charge is 0.373 e. The van der Waals surface area contributed by atoms with E-state index in [4.69, 9.17) is 9.72 Å². The van der Waals surface area contributed by atoms with Crippen molar-refractivity contribution < 1.29 is 9.13 Å². The van der Waals surface area contributed by atoms with Gasteiger partial charge in [-0.3, -0.25) is 0 Å². The Morgan fingerprint density at radius 1 is 1.27 bits per heavy atom. The fourth-order valence-electron chi connectivity index (χ4n) is 5.65. The number of nitrogens with zero attached hydrogens (tertiary/aromatic N) is 2. The van der Waals surface area contributed by atoms with Gasteiger partial charge in [0.2, 0.25) is 0 Å². The molecule has 1 fully saturated rings. The lowest BCUT2D eigenvalue weighted by atomic mass is 9.57. The van der Waals surface area contributed by atoms with Crippen molar-refractivity contribution in [1.29, 1.82) is 0 Å². The number of imidazole rings is 1. The van der Waals surface area contributed by atoms with Gasteiger partial charge in [-0.05, 0) is 68.0 Å². The maximum absolute atomic E-state index is 13.4. The molecule has 30 heavy (non-hydrogen) atoms. The lowest BCUT2D eigenvalue weighted by Crippen LogP contribution is -2.49. The number of rotatable bonds is 4. The van der Waals surface area contributed by atoms with E-state index in [0.29, 0.717) is 5.92 Å². The molecule has 2 aliphatic rings. The van der Waals surface area contributed by atoms with E-state index in [9.17, 15) is 4.39 Å². The summed E-state index contributed by atoms with van der Waals surface area (Å²) in [4.78, 5) is 6.00. The lowest BCUT2D eigenvalue weighted by Gasteiger charge is -2.52. The molecule has 0 spiro atoms. The van der Waals surface area contributed by atoms with E-state index in [1.807, 2.05) is 25.6 Å². The number of aromatic nitrogens is 2. The van der Waals surface area contributed by atoms with Gasteiger partial charge in [0.25, 0.3) is 0 Å². The standard InChI is InChI=1S/C25H27FN2OS/c1-24-15-28-16-27-23(17-9-11-19(26)12-10-17)20(28)14-18(24)6-4-7-21(24)25(2,29-3)22-8-5-13-30-22/h5,8-14,16,21H,4,6-7,15H2,1-3H3. The van der Waals surface area contributed by atoms with Crippen LogP contribution in [0.25, 0.3) is 17.3 Å². The van der Waals surface area contributed by atoms with Crippen molar-refractivity contribution in [2.75, 3.05) is 7.11 Å². The van der Waals surface area contributed by atoms with E-state index < -0.39 is 0 Å². The Balaban J connectivity index is 1.57. The summed E-state index contributed by atoms with van der Waals surface area (Å²) < 4.78 is 21.9. The summed E-state index contributed by atoms with van der Waals surface area (Å²) in [6.07, 6.45) is 7.69. The fourth-order valence-corrected chi connectivity index (χ4v) is 6.57. The van der Waals surface area contributed by atoms with Crippen LogP contribution in [0.4, 0.5) is 4.39 Å². The second-order valence-corrected chi connectivity index (χ2v) is 9.88. The second kappa shape index (κ2) is 7.17. The maximum Gasteiger partial charge on any atom is 0.123 e. The predicted molar refractivity (Wildman–Crippen MR) is 120 cm³/mol. The number of hydrogen-bond acceptors (Lipinski definition) is 3. The smallest absolute Gasteiger partial charge is 0.123 e. The summed E-state index contributed by atoms with van der Waals surface area (Å²) in [5, 5.41) is 2.14. The third-order valence-electron chi connectivity index (χ3n) is 7.35. The predicted octanol–water partition coefficient (Wildman–Crippen LogP) is 6.52. The molecule has 3 nitrogen and oxygen atoms in total. The molecule has 3 atom stereocenters. The highest BCUT2D eigenvalue weighted by Gasteiger charge is 2.52. The highest BCUT2D eigenvalue weighted by Crippen LogP contribution is 2.57. The van der Waals surface area contributed by atoms with Crippen LogP contribution >= 0.6 is 11.3 Å². The van der Waals surface area contributed by atoms with Crippen LogP contribution in [-0.4, -0.2) is 16.7 Å². The van der Waals surface area contributed by atoms with Crippen LogP contribution in [0.2, 0.25) is 0 Å². The molecule has 3 unspecified atom stereocenters. The van der Waals surface area contributed by atoms with Gasteiger partial charge in [-0.15, -0.1) is 11.3 Å². The Kier molecular flexibility index (Phi) is 4.71. The number of thiophene rings is 1. The molecule has 1 aliphatic heterocycles. The fraction of sp³-hybridized carbons (Fsp3) is 0.400. The van der Waals surface area contributed by atoms with E-state index in [2.05, 4.69) is 42.0 Å². The molecular weight excluding hydrogens is 395 g/mol. The van der Waals surface area contributed by atoms with Gasteiger partial charge in [0.1, 0.15) is 11.4 Å². The molecule has 3 aromatic rings. The summed E-state index contributed by atoms with van der Waals surface area (Å²) in [6.45, 7) is 5.54. The van der Waals surface area contributed by atoms with Crippen LogP contribution < -0.4 is 0 Å². The number of allylic oxidation sites excluding steroid dienone is 1. The Morgan fingerprint density at radius 2 is 2.07 bits per heavy atom. The lowest BCUT2D eigenvalue weighted by molar-refractivity contribution is -0.0977. The maximum atomic E-state index is 13.4. The normalized spacial score (nSPS) is 25.2. The van der Waals surface area contributed by atoms with Crippen LogP contribution in [0, 0.1) is 17.2 Å². The monoisotopic (exact) mass is 422 g/mol. The Labute approximate surface area is 181 Å². The highest BCUT2D eigenvalue weighted by atomic mass is 32.1. The molecule has 0 bridgehead atoms. The first kappa shape index (κ1) is 19.7.